The zero-order chi connectivity index (χ0) is 24.9. The van der Waals surface area contributed by atoms with Gasteiger partial charge in [-0.25, -0.2) is 16.8 Å². The number of aromatic nitrogens is 2. The fraction of sp³-hybridized carbons (Fsp3) is 0.200. The van der Waals surface area contributed by atoms with Gasteiger partial charge in [-0.3, -0.25) is 9.44 Å². The molecule has 0 saturated heterocycles. The first-order valence-electron chi connectivity index (χ1n) is 9.46. The van der Waals surface area contributed by atoms with Crippen LogP contribution >= 0.6 is 0 Å². The van der Waals surface area contributed by atoms with Crippen molar-refractivity contribution < 1.29 is 35.8 Å². The van der Waals surface area contributed by atoms with Crippen molar-refractivity contribution in [3.63, 3.8) is 0 Å². The molecular weight excluding hydrogens is 488 g/mol. The van der Waals surface area contributed by atoms with Crippen LogP contribution in [0.25, 0.3) is 0 Å². The van der Waals surface area contributed by atoms with Gasteiger partial charge in [0.15, 0.2) is 5.82 Å². The lowest BCUT2D eigenvalue weighted by Gasteiger charge is -2.13. The summed E-state index contributed by atoms with van der Waals surface area (Å²) < 4.78 is 76.0. The number of rotatable bonds is 10. The minimum Gasteiger partial charge on any atom is -0.497 e. The second-order valence-electron chi connectivity index (χ2n) is 6.53. The number of hydrogen-bond donors (Lipinski definition) is 2. The Hall–Kier alpha value is -3.78. The highest BCUT2D eigenvalue weighted by atomic mass is 32.2. The summed E-state index contributed by atoms with van der Waals surface area (Å²) in [5, 5.41) is 0. The van der Waals surface area contributed by atoms with Crippen molar-refractivity contribution in [3.05, 3.63) is 48.5 Å². The summed E-state index contributed by atoms with van der Waals surface area (Å²) in [7, 11) is -2.62. The SMILES string of the molecule is COc1ccc(S(=O)(=O)Nc2ccc(S(=O)(=O)Nc3cc(OC)nc(OC)n3)cc2)c(OC)c1. The fourth-order valence-electron chi connectivity index (χ4n) is 2.76. The van der Waals surface area contributed by atoms with Crippen molar-refractivity contribution in [2.45, 2.75) is 9.79 Å². The molecule has 1 heterocycles. The van der Waals surface area contributed by atoms with E-state index in [1.807, 2.05) is 0 Å². The smallest absolute Gasteiger partial charge is 0.321 e. The number of methoxy groups -OCH3 is 4. The van der Waals surface area contributed by atoms with Crippen LogP contribution in [0.1, 0.15) is 0 Å². The third kappa shape index (κ3) is 5.58. The van der Waals surface area contributed by atoms with E-state index < -0.39 is 20.0 Å². The topological polar surface area (TPSA) is 155 Å². The molecule has 3 aromatic rings. The second-order valence-corrected chi connectivity index (χ2v) is 9.87. The van der Waals surface area contributed by atoms with Gasteiger partial charge in [0, 0.05) is 17.8 Å². The molecule has 0 bridgehead atoms. The van der Waals surface area contributed by atoms with Gasteiger partial charge in [0.25, 0.3) is 20.0 Å². The highest BCUT2D eigenvalue weighted by Gasteiger charge is 2.21. The van der Waals surface area contributed by atoms with Crippen LogP contribution in [0.15, 0.2) is 58.3 Å². The average Bonchev–Trinajstić information content (AvgIpc) is 2.83. The van der Waals surface area contributed by atoms with Crippen LogP contribution in [0.4, 0.5) is 11.5 Å². The number of nitrogens with zero attached hydrogens (tertiary/aromatic N) is 2. The highest BCUT2D eigenvalue weighted by molar-refractivity contribution is 7.93. The molecule has 0 atom stereocenters. The molecule has 0 saturated carbocycles. The molecule has 12 nitrogen and oxygen atoms in total. The summed E-state index contributed by atoms with van der Waals surface area (Å²) in [6, 6.07) is 10.5. The van der Waals surface area contributed by atoms with Gasteiger partial charge in [-0.15, -0.1) is 0 Å². The first-order chi connectivity index (χ1) is 16.1. The summed E-state index contributed by atoms with van der Waals surface area (Å²) >= 11 is 0. The number of hydrogen-bond acceptors (Lipinski definition) is 10. The Morgan fingerprint density at radius 1 is 0.706 bits per heavy atom. The van der Waals surface area contributed by atoms with Crippen molar-refractivity contribution in [2.75, 3.05) is 37.9 Å². The minimum atomic E-state index is -4.06. The Morgan fingerprint density at radius 2 is 1.41 bits per heavy atom. The predicted molar refractivity (Wildman–Crippen MR) is 123 cm³/mol. The largest absolute Gasteiger partial charge is 0.497 e. The van der Waals surface area contributed by atoms with E-state index in [9.17, 15) is 16.8 Å². The van der Waals surface area contributed by atoms with E-state index in [4.69, 9.17) is 18.9 Å². The van der Waals surface area contributed by atoms with Crippen LogP contribution in [0, 0.1) is 0 Å². The maximum atomic E-state index is 12.8. The lowest BCUT2D eigenvalue weighted by atomic mass is 10.3. The Morgan fingerprint density at radius 3 is 2.00 bits per heavy atom. The maximum Gasteiger partial charge on any atom is 0.321 e. The fourth-order valence-corrected chi connectivity index (χ4v) is 4.96. The molecule has 0 aliphatic rings. The van der Waals surface area contributed by atoms with E-state index in [1.54, 1.807) is 0 Å². The van der Waals surface area contributed by atoms with Crippen LogP contribution in [0.3, 0.4) is 0 Å². The molecule has 3 rings (SSSR count). The highest BCUT2D eigenvalue weighted by Crippen LogP contribution is 2.30. The molecule has 0 aliphatic heterocycles. The van der Waals surface area contributed by atoms with E-state index in [0.29, 0.717) is 5.75 Å². The van der Waals surface area contributed by atoms with Crippen molar-refractivity contribution in [1.29, 1.82) is 0 Å². The number of nitrogens with one attached hydrogen (secondary N) is 2. The second kappa shape index (κ2) is 10.0. The van der Waals surface area contributed by atoms with Crippen molar-refractivity contribution in [1.82, 2.24) is 9.97 Å². The monoisotopic (exact) mass is 510 g/mol. The summed E-state index contributed by atoms with van der Waals surface area (Å²) in [5.74, 6) is 0.547. The van der Waals surface area contributed by atoms with Gasteiger partial charge in [-0.1, -0.05) is 0 Å². The third-order valence-electron chi connectivity index (χ3n) is 4.39. The van der Waals surface area contributed by atoms with Crippen LogP contribution in [0.2, 0.25) is 0 Å². The summed E-state index contributed by atoms with van der Waals surface area (Å²) in [6.07, 6.45) is 0. The molecular formula is C20H22N4O8S2. The molecule has 182 valence electrons. The van der Waals surface area contributed by atoms with Gasteiger partial charge in [0.1, 0.15) is 16.4 Å². The Bertz CT molecular complexity index is 1360. The van der Waals surface area contributed by atoms with Crippen molar-refractivity contribution in [3.8, 4) is 23.4 Å². The van der Waals surface area contributed by atoms with Crippen LogP contribution < -0.4 is 28.4 Å². The molecule has 34 heavy (non-hydrogen) atoms. The molecule has 0 fully saturated rings. The molecule has 0 radical (unpaired) electrons. The minimum absolute atomic E-state index is 0.0694. The van der Waals surface area contributed by atoms with Gasteiger partial charge in [0.05, 0.1) is 33.3 Å². The van der Waals surface area contributed by atoms with E-state index >= 15 is 0 Å². The molecule has 1 aromatic heterocycles. The van der Waals surface area contributed by atoms with E-state index in [1.165, 1.54) is 77.0 Å². The maximum absolute atomic E-state index is 12.8. The lowest BCUT2D eigenvalue weighted by molar-refractivity contribution is 0.353. The van der Waals surface area contributed by atoms with E-state index in [-0.39, 0.29) is 38.9 Å². The lowest BCUT2D eigenvalue weighted by Crippen LogP contribution is -2.16. The zero-order valence-corrected chi connectivity index (χ0v) is 20.2. The Labute approximate surface area is 197 Å². The van der Waals surface area contributed by atoms with E-state index in [2.05, 4.69) is 19.4 Å². The van der Waals surface area contributed by atoms with Crippen molar-refractivity contribution >= 4 is 31.6 Å². The molecule has 0 amide bonds. The summed E-state index contributed by atoms with van der Waals surface area (Å²) in [4.78, 5) is 7.58. The molecule has 2 aromatic carbocycles. The molecule has 0 aliphatic carbocycles. The first-order valence-corrected chi connectivity index (χ1v) is 12.4. The molecule has 0 unspecified atom stereocenters. The summed E-state index contributed by atoms with van der Waals surface area (Å²) in [6.45, 7) is 0. The normalized spacial score (nSPS) is 11.4. The van der Waals surface area contributed by atoms with Gasteiger partial charge >= 0.3 is 6.01 Å². The van der Waals surface area contributed by atoms with Crippen molar-refractivity contribution in [2.24, 2.45) is 0 Å². The predicted octanol–water partition coefficient (Wildman–Crippen LogP) is 2.11. The van der Waals surface area contributed by atoms with Crippen LogP contribution in [-0.2, 0) is 20.0 Å². The quantitative estimate of drug-likeness (QED) is 0.414. The number of sulfonamides is 2. The Balaban J connectivity index is 1.82. The standard InChI is InChI=1S/C20H22N4O8S2/c1-29-14-7-10-17(16(11-14)30-2)34(27,28)23-13-5-8-15(9-6-13)33(25,26)24-18-12-19(31-3)22-20(21-18)32-4/h5-12,23H,1-4H3,(H,21,22,24). The number of benzene rings is 2. The van der Waals surface area contributed by atoms with Crippen LogP contribution in [0.5, 0.6) is 23.4 Å². The van der Waals surface area contributed by atoms with Gasteiger partial charge in [-0.05, 0) is 36.4 Å². The molecule has 14 heteroatoms. The van der Waals surface area contributed by atoms with E-state index in [0.717, 1.165) is 0 Å². The zero-order valence-electron chi connectivity index (χ0n) is 18.6. The number of anilines is 2. The molecule has 0 spiro atoms. The number of ether oxygens (including phenoxy) is 4. The Kier molecular flexibility index (Phi) is 7.32. The van der Waals surface area contributed by atoms with Gasteiger partial charge in [0.2, 0.25) is 5.88 Å². The molecule has 2 N–H and O–H groups in total. The van der Waals surface area contributed by atoms with Gasteiger partial charge in [-0.2, -0.15) is 9.97 Å². The first kappa shape index (κ1) is 24.9. The van der Waals surface area contributed by atoms with Gasteiger partial charge < -0.3 is 18.9 Å². The summed E-state index contributed by atoms with van der Waals surface area (Å²) in [5.41, 5.74) is 0.141. The van der Waals surface area contributed by atoms with Crippen LogP contribution in [-0.4, -0.2) is 55.2 Å². The average molecular weight is 511 g/mol. The third-order valence-corrected chi connectivity index (χ3v) is 7.18.